The lowest BCUT2D eigenvalue weighted by Gasteiger charge is -2.07. The van der Waals surface area contributed by atoms with Crippen molar-refractivity contribution in [2.75, 3.05) is 7.11 Å². The molecule has 0 saturated carbocycles. The van der Waals surface area contributed by atoms with E-state index in [-0.39, 0.29) is 11.3 Å². The number of aromatic hydroxyl groups is 1. The van der Waals surface area contributed by atoms with Crippen LogP contribution in [0, 0.1) is 6.92 Å². The number of nitrogens with zero attached hydrogens (tertiary/aromatic N) is 1. The summed E-state index contributed by atoms with van der Waals surface area (Å²) < 4.78 is 6.91. The summed E-state index contributed by atoms with van der Waals surface area (Å²) in [6.07, 6.45) is 2.06. The van der Waals surface area contributed by atoms with Crippen molar-refractivity contribution in [1.29, 1.82) is 0 Å². The van der Waals surface area contributed by atoms with Crippen LogP contribution in [0.4, 0.5) is 0 Å². The van der Waals surface area contributed by atoms with Crippen molar-refractivity contribution in [3.63, 3.8) is 0 Å². The van der Waals surface area contributed by atoms with Crippen LogP contribution < -0.4 is 10.5 Å². The van der Waals surface area contributed by atoms with Gasteiger partial charge in [0.1, 0.15) is 11.5 Å². The van der Waals surface area contributed by atoms with Crippen LogP contribution in [-0.2, 0) is 6.54 Å². The maximum Gasteiger partial charge on any atom is 0.338 e. The lowest BCUT2D eigenvalue weighted by atomic mass is 10.1. The molecule has 3 rings (SSSR count). The van der Waals surface area contributed by atoms with Gasteiger partial charge in [0, 0.05) is 28.7 Å². The number of carboxylic acids is 1. The number of hydrogen-bond donors (Lipinski definition) is 3. The smallest absolute Gasteiger partial charge is 0.338 e. The highest BCUT2D eigenvalue weighted by Crippen LogP contribution is 2.29. The number of aromatic nitrogens is 1. The van der Waals surface area contributed by atoms with Gasteiger partial charge in [0.15, 0.2) is 0 Å². The number of carbonyl (C=O) groups is 2. The molecule has 29 heavy (non-hydrogen) atoms. The fraction of sp³-hybridized carbons (Fsp3) is 0.273. The van der Waals surface area contributed by atoms with Crippen LogP contribution in [0.2, 0.25) is 0 Å². The number of primary amides is 1. The number of hydrogen-bond acceptors (Lipinski definition) is 4. The molecule has 0 saturated heterocycles. The Labute approximate surface area is 169 Å². The first-order valence-corrected chi connectivity index (χ1v) is 9.29. The highest BCUT2D eigenvalue weighted by atomic mass is 16.5. The predicted octanol–water partition coefficient (Wildman–Crippen LogP) is 3.95. The van der Waals surface area contributed by atoms with Gasteiger partial charge in [0.2, 0.25) is 5.91 Å². The van der Waals surface area contributed by atoms with Gasteiger partial charge in [-0.05, 0) is 49.7 Å². The van der Waals surface area contributed by atoms with Crippen molar-refractivity contribution in [3.8, 4) is 11.5 Å². The summed E-state index contributed by atoms with van der Waals surface area (Å²) in [6.45, 7) is 4.72. The van der Waals surface area contributed by atoms with Crippen LogP contribution in [0.1, 0.15) is 46.2 Å². The number of aromatic carboxylic acids is 1. The third-order valence-corrected chi connectivity index (χ3v) is 4.61. The Balaban J connectivity index is 0.000000234. The van der Waals surface area contributed by atoms with Crippen molar-refractivity contribution in [2.24, 2.45) is 5.73 Å². The minimum absolute atomic E-state index is 0.0950. The lowest BCUT2D eigenvalue weighted by molar-refractivity contribution is 0.0697. The molecular formula is C22H26N2O5. The van der Waals surface area contributed by atoms with Crippen LogP contribution in [0.3, 0.4) is 0 Å². The Morgan fingerprint density at radius 3 is 2.48 bits per heavy atom. The lowest BCUT2D eigenvalue weighted by Crippen LogP contribution is -2.10. The zero-order chi connectivity index (χ0) is 21.6. The average Bonchev–Trinajstić information content (AvgIpc) is 2.97. The zero-order valence-corrected chi connectivity index (χ0v) is 16.8. The fourth-order valence-corrected chi connectivity index (χ4v) is 3.12. The van der Waals surface area contributed by atoms with Crippen molar-refractivity contribution in [2.45, 2.75) is 33.2 Å². The minimum Gasteiger partial charge on any atom is -0.508 e. The molecule has 1 aromatic heterocycles. The van der Waals surface area contributed by atoms with E-state index in [1.807, 2.05) is 11.5 Å². The molecule has 0 aliphatic rings. The third kappa shape index (κ3) is 5.07. The van der Waals surface area contributed by atoms with Gasteiger partial charge < -0.3 is 25.3 Å². The average molecular weight is 398 g/mol. The van der Waals surface area contributed by atoms with Crippen molar-refractivity contribution < 1.29 is 24.5 Å². The Kier molecular flexibility index (Phi) is 7.25. The van der Waals surface area contributed by atoms with E-state index >= 15 is 0 Å². The standard InChI is InChI=1S/C14H17NO3.C8H9NO2/c1-3-4-7-15-9(2)13(14(17)18)11-8-10(16)5-6-12(11)15;1-11-7-4-2-3-6(5-7)8(9)10/h5-6,8,16H,3-4,7H2,1-2H3,(H,17,18);2-5H,1H3,(H2,9,10). The Morgan fingerprint density at radius 1 is 1.17 bits per heavy atom. The molecule has 154 valence electrons. The highest BCUT2D eigenvalue weighted by Gasteiger charge is 2.19. The van der Waals surface area contributed by atoms with Crippen molar-refractivity contribution >= 4 is 22.8 Å². The summed E-state index contributed by atoms with van der Waals surface area (Å²) in [5, 5.41) is 19.4. The van der Waals surface area contributed by atoms with E-state index in [0.717, 1.165) is 30.6 Å². The molecule has 7 heteroatoms. The molecule has 0 fully saturated rings. The van der Waals surface area contributed by atoms with Gasteiger partial charge in [-0.1, -0.05) is 19.4 Å². The minimum atomic E-state index is -0.946. The second-order valence-corrected chi connectivity index (χ2v) is 6.57. The number of carboxylic acid groups (broad SMARTS) is 1. The fourth-order valence-electron chi connectivity index (χ4n) is 3.12. The molecule has 2 aromatic carbocycles. The normalized spacial score (nSPS) is 10.3. The van der Waals surface area contributed by atoms with E-state index in [2.05, 4.69) is 6.92 Å². The van der Waals surface area contributed by atoms with Crippen LogP contribution >= 0.6 is 0 Å². The maximum absolute atomic E-state index is 11.3. The van der Waals surface area contributed by atoms with Crippen LogP contribution in [0.5, 0.6) is 11.5 Å². The molecule has 0 aliphatic carbocycles. The third-order valence-electron chi connectivity index (χ3n) is 4.61. The Bertz CT molecular complexity index is 1020. The summed E-state index contributed by atoms with van der Waals surface area (Å²) in [5.74, 6) is -0.652. The number of ether oxygens (including phenoxy) is 1. The summed E-state index contributed by atoms with van der Waals surface area (Å²) >= 11 is 0. The van der Waals surface area contributed by atoms with Crippen molar-refractivity contribution in [3.05, 3.63) is 59.3 Å². The number of phenols is 1. The van der Waals surface area contributed by atoms with Gasteiger partial charge in [-0.3, -0.25) is 4.79 Å². The number of phenolic OH excluding ortho intramolecular Hbond substituents is 1. The Hall–Kier alpha value is -3.48. The Morgan fingerprint density at radius 2 is 1.90 bits per heavy atom. The molecule has 0 atom stereocenters. The number of amides is 1. The number of aryl methyl sites for hydroxylation is 1. The van der Waals surface area contributed by atoms with Gasteiger partial charge in [-0.15, -0.1) is 0 Å². The van der Waals surface area contributed by atoms with Gasteiger partial charge in [-0.25, -0.2) is 4.79 Å². The molecule has 0 aliphatic heterocycles. The predicted molar refractivity (Wildman–Crippen MR) is 112 cm³/mol. The first-order valence-electron chi connectivity index (χ1n) is 9.29. The summed E-state index contributed by atoms with van der Waals surface area (Å²) in [6, 6.07) is 11.6. The zero-order valence-electron chi connectivity index (χ0n) is 16.8. The number of carbonyl (C=O) groups excluding carboxylic acids is 1. The van der Waals surface area contributed by atoms with E-state index in [1.165, 1.54) is 6.07 Å². The molecular weight excluding hydrogens is 372 g/mol. The van der Waals surface area contributed by atoms with Crippen LogP contribution in [-0.4, -0.2) is 33.8 Å². The first kappa shape index (κ1) is 21.8. The first-order chi connectivity index (χ1) is 13.8. The number of methoxy groups -OCH3 is 1. The van der Waals surface area contributed by atoms with E-state index in [4.69, 9.17) is 10.5 Å². The van der Waals surface area contributed by atoms with Gasteiger partial charge in [0.25, 0.3) is 0 Å². The molecule has 4 N–H and O–H groups in total. The number of fused-ring (bicyclic) bond motifs is 1. The molecule has 1 heterocycles. The SMILES string of the molecule is CCCCn1c(C)c(C(=O)O)c2cc(O)ccc21.COc1cccc(C(N)=O)c1. The summed E-state index contributed by atoms with van der Waals surface area (Å²) in [5.41, 5.74) is 7.41. The molecule has 0 bridgehead atoms. The molecule has 0 unspecified atom stereocenters. The quantitative estimate of drug-likeness (QED) is 0.582. The van der Waals surface area contributed by atoms with Gasteiger partial charge >= 0.3 is 5.97 Å². The second-order valence-electron chi connectivity index (χ2n) is 6.57. The monoisotopic (exact) mass is 398 g/mol. The molecule has 7 nitrogen and oxygen atoms in total. The maximum atomic E-state index is 11.3. The van der Waals surface area contributed by atoms with Crippen LogP contribution in [0.25, 0.3) is 10.9 Å². The van der Waals surface area contributed by atoms with Gasteiger partial charge in [0.05, 0.1) is 12.7 Å². The van der Waals surface area contributed by atoms with Gasteiger partial charge in [-0.2, -0.15) is 0 Å². The molecule has 1 amide bonds. The van der Waals surface area contributed by atoms with Crippen LogP contribution in [0.15, 0.2) is 42.5 Å². The summed E-state index contributed by atoms with van der Waals surface area (Å²) in [4.78, 5) is 22.0. The summed E-state index contributed by atoms with van der Waals surface area (Å²) in [7, 11) is 1.54. The number of rotatable bonds is 6. The number of benzene rings is 2. The number of unbranched alkanes of at least 4 members (excludes halogenated alkanes) is 1. The molecule has 3 aromatic rings. The molecule has 0 spiro atoms. The van der Waals surface area contributed by atoms with E-state index < -0.39 is 11.9 Å². The number of nitrogens with two attached hydrogens (primary N) is 1. The van der Waals surface area contributed by atoms with E-state index in [9.17, 15) is 19.8 Å². The highest BCUT2D eigenvalue weighted by molar-refractivity contribution is 6.05. The molecule has 0 radical (unpaired) electrons. The second kappa shape index (κ2) is 9.64. The van der Waals surface area contributed by atoms with E-state index in [0.29, 0.717) is 16.7 Å². The van der Waals surface area contributed by atoms with E-state index in [1.54, 1.807) is 43.5 Å². The topological polar surface area (TPSA) is 115 Å². The largest absolute Gasteiger partial charge is 0.508 e. The van der Waals surface area contributed by atoms with Crippen molar-refractivity contribution in [1.82, 2.24) is 4.57 Å².